The highest BCUT2D eigenvalue weighted by Gasteiger charge is 2.35. The van der Waals surface area contributed by atoms with Crippen molar-refractivity contribution in [2.75, 3.05) is 24.5 Å². The van der Waals surface area contributed by atoms with E-state index in [9.17, 15) is 18.0 Å². The van der Waals surface area contributed by atoms with Crippen molar-refractivity contribution < 1.29 is 22.7 Å². The Labute approximate surface area is 270 Å². The molecule has 2 amide bonds. The molecule has 236 valence electrons. The summed E-state index contributed by atoms with van der Waals surface area (Å²) in [6.07, 6.45) is 0.217. The lowest BCUT2D eigenvalue weighted by Crippen LogP contribution is -2.53. The number of ether oxygens (including phenoxy) is 1. The van der Waals surface area contributed by atoms with E-state index < -0.39 is 28.5 Å². The van der Waals surface area contributed by atoms with Gasteiger partial charge in [0.15, 0.2) is 0 Å². The molecule has 1 atom stereocenters. The molecule has 4 rings (SSSR count). The van der Waals surface area contributed by atoms with E-state index in [-0.39, 0.29) is 35.4 Å². The fraction of sp³-hybridized carbons (Fsp3) is 0.257. The largest absolute Gasteiger partial charge is 0.497 e. The van der Waals surface area contributed by atoms with Gasteiger partial charge in [0.1, 0.15) is 18.3 Å². The van der Waals surface area contributed by atoms with E-state index in [2.05, 4.69) is 5.32 Å². The number of amides is 2. The van der Waals surface area contributed by atoms with Crippen LogP contribution in [0.25, 0.3) is 0 Å². The highest BCUT2D eigenvalue weighted by Crippen LogP contribution is 2.27. The lowest BCUT2D eigenvalue weighted by molar-refractivity contribution is -0.140. The minimum absolute atomic E-state index is 0.00700. The summed E-state index contributed by atoms with van der Waals surface area (Å²) < 4.78 is 34.4. The third-order valence-corrected chi connectivity index (χ3v) is 9.38. The first kappa shape index (κ1) is 33.6. The van der Waals surface area contributed by atoms with E-state index in [1.54, 1.807) is 66.7 Å². The van der Waals surface area contributed by atoms with Crippen LogP contribution >= 0.6 is 11.6 Å². The van der Waals surface area contributed by atoms with Crippen LogP contribution < -0.4 is 14.4 Å². The van der Waals surface area contributed by atoms with Gasteiger partial charge < -0.3 is 15.0 Å². The maximum atomic E-state index is 14.5. The van der Waals surface area contributed by atoms with Gasteiger partial charge in [-0.15, -0.1) is 0 Å². The van der Waals surface area contributed by atoms with Gasteiger partial charge >= 0.3 is 0 Å². The Morgan fingerprint density at radius 1 is 0.844 bits per heavy atom. The van der Waals surface area contributed by atoms with Gasteiger partial charge in [-0.05, 0) is 59.5 Å². The SMILES string of the molecule is COc1ccc(N(CC(=O)N(Cc2ccccc2Cl)[C@H](Cc2ccccc2)C(=O)NCC(C)C)S(=O)(=O)c2ccccc2)cc1. The van der Waals surface area contributed by atoms with Crippen molar-refractivity contribution in [3.05, 3.63) is 125 Å². The average molecular weight is 648 g/mol. The lowest BCUT2D eigenvalue weighted by Gasteiger charge is -2.34. The number of anilines is 1. The normalized spacial score (nSPS) is 11.9. The number of carbonyl (C=O) groups excluding carboxylic acids is 2. The third kappa shape index (κ3) is 8.86. The fourth-order valence-corrected chi connectivity index (χ4v) is 6.41. The molecule has 8 nitrogen and oxygen atoms in total. The first-order valence-electron chi connectivity index (χ1n) is 14.7. The minimum Gasteiger partial charge on any atom is -0.497 e. The number of methoxy groups -OCH3 is 1. The Bertz CT molecular complexity index is 1670. The predicted octanol–water partition coefficient (Wildman–Crippen LogP) is 5.96. The van der Waals surface area contributed by atoms with Crippen molar-refractivity contribution in [1.82, 2.24) is 10.2 Å². The van der Waals surface area contributed by atoms with E-state index in [0.29, 0.717) is 22.9 Å². The summed E-state index contributed by atoms with van der Waals surface area (Å²) in [5.74, 6) is -0.186. The molecule has 45 heavy (non-hydrogen) atoms. The van der Waals surface area contributed by atoms with Crippen LogP contribution in [-0.4, -0.2) is 51.4 Å². The van der Waals surface area contributed by atoms with Crippen molar-refractivity contribution in [1.29, 1.82) is 0 Å². The zero-order valence-electron chi connectivity index (χ0n) is 25.6. The van der Waals surface area contributed by atoms with E-state index in [0.717, 1.165) is 9.87 Å². The van der Waals surface area contributed by atoms with Gasteiger partial charge in [0.05, 0.1) is 17.7 Å². The van der Waals surface area contributed by atoms with Crippen LogP contribution in [0, 0.1) is 5.92 Å². The Balaban J connectivity index is 1.80. The number of carbonyl (C=O) groups is 2. The van der Waals surface area contributed by atoms with E-state index >= 15 is 0 Å². The van der Waals surface area contributed by atoms with Gasteiger partial charge in [0, 0.05) is 24.5 Å². The minimum atomic E-state index is -4.19. The molecule has 4 aromatic rings. The van der Waals surface area contributed by atoms with Crippen molar-refractivity contribution in [3.63, 3.8) is 0 Å². The predicted molar refractivity (Wildman–Crippen MR) is 178 cm³/mol. The van der Waals surface area contributed by atoms with Gasteiger partial charge in [-0.2, -0.15) is 0 Å². The number of benzene rings is 4. The number of rotatable bonds is 14. The first-order chi connectivity index (χ1) is 21.6. The Kier molecular flexibility index (Phi) is 11.6. The highest BCUT2D eigenvalue weighted by molar-refractivity contribution is 7.92. The maximum Gasteiger partial charge on any atom is 0.264 e. The molecule has 0 heterocycles. The number of nitrogens with one attached hydrogen (secondary N) is 1. The van der Waals surface area contributed by atoms with Crippen LogP contribution in [0.15, 0.2) is 114 Å². The fourth-order valence-electron chi connectivity index (χ4n) is 4.78. The van der Waals surface area contributed by atoms with Crippen LogP contribution in [0.2, 0.25) is 5.02 Å². The van der Waals surface area contributed by atoms with Gasteiger partial charge in [-0.25, -0.2) is 8.42 Å². The van der Waals surface area contributed by atoms with Crippen LogP contribution in [0.3, 0.4) is 0 Å². The molecule has 1 N–H and O–H groups in total. The number of nitrogens with zero attached hydrogens (tertiary/aromatic N) is 2. The number of halogens is 1. The van der Waals surface area contributed by atoms with Crippen molar-refractivity contribution in [2.24, 2.45) is 5.92 Å². The summed E-state index contributed by atoms with van der Waals surface area (Å²) in [5, 5.41) is 3.41. The van der Waals surface area contributed by atoms with Gasteiger partial charge in [-0.1, -0.05) is 92.2 Å². The van der Waals surface area contributed by atoms with E-state index in [1.807, 2.05) is 44.2 Å². The molecule has 0 aliphatic rings. The standard InChI is InChI=1S/C35H38ClN3O5S/c1-26(2)23-37-35(41)33(22-27-12-6-4-7-13-27)38(24-28-14-10-11-17-32(28)36)34(40)25-39(29-18-20-30(44-3)21-19-29)45(42,43)31-15-8-5-9-16-31/h4-21,26,33H,22-25H2,1-3H3,(H,37,41)/t33-/m1/s1. The Hall–Kier alpha value is -4.34. The molecule has 0 aliphatic carbocycles. The van der Waals surface area contributed by atoms with Gasteiger partial charge in [0.25, 0.3) is 10.0 Å². The molecular weight excluding hydrogens is 610 g/mol. The quantitative estimate of drug-likeness (QED) is 0.182. The maximum absolute atomic E-state index is 14.5. The molecule has 4 aromatic carbocycles. The zero-order chi connectivity index (χ0) is 32.4. The third-order valence-electron chi connectivity index (χ3n) is 7.22. The second kappa shape index (κ2) is 15.6. The summed E-state index contributed by atoms with van der Waals surface area (Å²) >= 11 is 6.55. The smallest absolute Gasteiger partial charge is 0.264 e. The molecule has 0 aromatic heterocycles. The van der Waals surface area contributed by atoms with Crippen molar-refractivity contribution >= 4 is 39.1 Å². The molecule has 0 spiro atoms. The number of sulfonamides is 1. The Morgan fingerprint density at radius 3 is 2.04 bits per heavy atom. The summed E-state index contributed by atoms with van der Waals surface area (Å²) in [6, 6.07) is 29.9. The van der Waals surface area contributed by atoms with Crippen molar-refractivity contribution in [3.8, 4) is 5.75 Å². The summed E-state index contributed by atoms with van der Waals surface area (Å²) in [5.41, 5.74) is 1.75. The first-order valence-corrected chi connectivity index (χ1v) is 16.5. The molecule has 0 unspecified atom stereocenters. The Morgan fingerprint density at radius 2 is 1.44 bits per heavy atom. The molecule has 0 fully saturated rings. The second-order valence-corrected chi connectivity index (χ2v) is 13.2. The van der Waals surface area contributed by atoms with Crippen LogP contribution in [0.1, 0.15) is 25.0 Å². The zero-order valence-corrected chi connectivity index (χ0v) is 27.2. The summed E-state index contributed by atoms with van der Waals surface area (Å²) in [4.78, 5) is 29.8. The molecular formula is C35H38ClN3O5S. The van der Waals surface area contributed by atoms with Crippen LogP contribution in [0.5, 0.6) is 5.75 Å². The number of hydrogen-bond acceptors (Lipinski definition) is 5. The molecule has 0 bridgehead atoms. The molecule has 0 radical (unpaired) electrons. The highest BCUT2D eigenvalue weighted by atomic mass is 35.5. The monoisotopic (exact) mass is 647 g/mol. The lowest BCUT2D eigenvalue weighted by atomic mass is 10.0. The van der Waals surface area contributed by atoms with Gasteiger partial charge in [-0.3, -0.25) is 13.9 Å². The van der Waals surface area contributed by atoms with Gasteiger partial charge in [0.2, 0.25) is 11.8 Å². The van der Waals surface area contributed by atoms with E-state index in [1.165, 1.54) is 24.1 Å². The van der Waals surface area contributed by atoms with Crippen LogP contribution in [0.4, 0.5) is 5.69 Å². The van der Waals surface area contributed by atoms with Crippen LogP contribution in [-0.2, 0) is 32.6 Å². The second-order valence-electron chi connectivity index (χ2n) is 11.0. The topological polar surface area (TPSA) is 96.0 Å². The molecule has 0 saturated carbocycles. The van der Waals surface area contributed by atoms with Crippen molar-refractivity contribution in [2.45, 2.75) is 37.8 Å². The average Bonchev–Trinajstić information content (AvgIpc) is 3.05. The molecule has 0 saturated heterocycles. The summed E-state index contributed by atoms with van der Waals surface area (Å²) in [6.45, 7) is 3.82. The summed E-state index contributed by atoms with van der Waals surface area (Å²) in [7, 11) is -2.68. The number of hydrogen-bond donors (Lipinski definition) is 1. The van der Waals surface area contributed by atoms with E-state index in [4.69, 9.17) is 16.3 Å². The molecule has 0 aliphatic heterocycles. The molecule has 10 heteroatoms.